The van der Waals surface area contributed by atoms with E-state index in [1.807, 2.05) is 90.7 Å². The van der Waals surface area contributed by atoms with Crippen molar-refractivity contribution in [3.05, 3.63) is 257 Å². The van der Waals surface area contributed by atoms with Crippen molar-refractivity contribution in [1.82, 2.24) is 94.5 Å². The molecule has 4 saturated carbocycles. The summed E-state index contributed by atoms with van der Waals surface area (Å²) in [6, 6.07) is 26.2. The van der Waals surface area contributed by atoms with Crippen molar-refractivity contribution in [2.24, 2.45) is 23.7 Å². The van der Waals surface area contributed by atoms with Crippen molar-refractivity contribution in [3.8, 4) is 57.4 Å². The van der Waals surface area contributed by atoms with Gasteiger partial charge in [0.1, 0.15) is 47.0 Å². The predicted molar refractivity (Wildman–Crippen MR) is 444 cm³/mol. The van der Waals surface area contributed by atoms with Crippen LogP contribution in [0.25, 0.3) is 45.6 Å². The smallest absolute Gasteiger partial charge is 0.273 e. The van der Waals surface area contributed by atoms with Crippen LogP contribution in [0.4, 0.5) is 29.2 Å². The molecule has 32 heteroatoms. The molecule has 628 valence electrons. The maximum absolute atomic E-state index is 14.8. The molecule has 9 aromatic heterocycles. The first-order chi connectivity index (χ1) is 59.6. The van der Waals surface area contributed by atoms with Gasteiger partial charge in [-0.05, 0) is 213 Å². The van der Waals surface area contributed by atoms with Crippen molar-refractivity contribution in [3.63, 3.8) is 0 Å². The van der Waals surface area contributed by atoms with E-state index >= 15 is 0 Å². The first-order valence-corrected chi connectivity index (χ1v) is 41.3. The van der Waals surface area contributed by atoms with Crippen LogP contribution < -0.4 is 20.1 Å². The number of hydrogen-bond acceptors (Lipinski definition) is 24. The van der Waals surface area contributed by atoms with Gasteiger partial charge < -0.3 is 44.2 Å². The number of nitrogens with one attached hydrogen (secondary N) is 2. The summed E-state index contributed by atoms with van der Waals surface area (Å²) in [5.41, 5.74) is 7.06. The Bertz CT molecular complexity index is 5640. The molecular formula is C91H89F4N21O7. The fraction of sp³-hybridized carbons (Fsp3) is 0.352. The van der Waals surface area contributed by atoms with Crippen molar-refractivity contribution in [1.29, 1.82) is 0 Å². The number of amides is 4. The number of aromatic nitrogens is 15. The number of ether oxygens (including phenoxy) is 2. The summed E-state index contributed by atoms with van der Waals surface area (Å²) in [5, 5.41) is 10.7. The van der Waals surface area contributed by atoms with Crippen molar-refractivity contribution in [2.75, 3.05) is 36.8 Å². The predicted octanol–water partition coefficient (Wildman–Crippen LogP) is 13.9. The summed E-state index contributed by atoms with van der Waals surface area (Å²) in [4.78, 5) is 121. The zero-order valence-corrected chi connectivity index (χ0v) is 68.4. The molecule has 22 rings (SSSR count). The van der Waals surface area contributed by atoms with Crippen LogP contribution in [0.15, 0.2) is 182 Å². The van der Waals surface area contributed by atoms with E-state index in [0.717, 1.165) is 110 Å². The summed E-state index contributed by atoms with van der Waals surface area (Å²) in [5.74, 6) is 2.68. The van der Waals surface area contributed by atoms with E-state index < -0.39 is 23.3 Å². The van der Waals surface area contributed by atoms with Gasteiger partial charge >= 0.3 is 0 Å². The van der Waals surface area contributed by atoms with Crippen LogP contribution in [0.2, 0.25) is 0 Å². The van der Waals surface area contributed by atoms with E-state index in [-0.39, 0.29) is 118 Å². The Balaban J connectivity index is 0.000000116. The highest BCUT2D eigenvalue weighted by Gasteiger charge is 2.51. The fourth-order valence-electron chi connectivity index (χ4n) is 18.5. The number of aryl methyl sites for hydroxylation is 6. The first-order valence-electron chi connectivity index (χ1n) is 41.3. The van der Waals surface area contributed by atoms with Crippen LogP contribution >= 0.6 is 0 Å². The van der Waals surface area contributed by atoms with Crippen molar-refractivity contribution >= 4 is 35.3 Å². The highest BCUT2D eigenvalue weighted by atomic mass is 19.1. The lowest BCUT2D eigenvalue weighted by Gasteiger charge is -2.49. The number of halogens is 4. The number of carbonyl (C=O) groups is 4. The molecule has 8 bridgehead atoms. The minimum atomic E-state index is -0.526. The fourth-order valence-corrected chi connectivity index (χ4v) is 18.5. The lowest BCUT2D eigenvalue weighted by Crippen LogP contribution is -2.59. The highest BCUT2D eigenvalue weighted by Crippen LogP contribution is 2.45. The normalized spacial score (nSPS) is 22.3. The molecule has 123 heavy (non-hydrogen) atoms. The number of hydrogen-bond donors (Lipinski definition) is 2. The van der Waals surface area contributed by atoms with Gasteiger partial charge in [-0.2, -0.15) is 4.98 Å². The molecule has 4 amide bonds. The molecule has 12 atom stereocenters. The third-order valence-corrected chi connectivity index (χ3v) is 24.1. The third-order valence-electron chi connectivity index (χ3n) is 24.1. The number of fused-ring (bicyclic) bond motifs is 10. The molecule has 4 aliphatic carbocycles. The monoisotopic (exact) mass is 1660 g/mol. The Morgan fingerprint density at radius 3 is 1.43 bits per heavy atom. The van der Waals surface area contributed by atoms with Gasteiger partial charge in [-0.3, -0.25) is 34.1 Å². The topological polar surface area (TPSA) is 330 Å². The number of carbonyl (C=O) groups excluding carboxylic acids is 4. The maximum atomic E-state index is 14.8. The van der Waals surface area contributed by atoms with Gasteiger partial charge in [-0.25, -0.2) is 67.4 Å². The number of rotatable bonds is 16. The average Bonchev–Trinajstić information content (AvgIpc) is 1.39. The van der Waals surface area contributed by atoms with Crippen molar-refractivity contribution < 1.29 is 50.7 Å². The second kappa shape index (κ2) is 35.6. The van der Waals surface area contributed by atoms with Gasteiger partial charge in [-0.1, -0.05) is 29.4 Å². The van der Waals surface area contributed by atoms with Gasteiger partial charge in [0.05, 0.1) is 112 Å². The molecule has 3 aromatic carbocycles. The zero-order valence-electron chi connectivity index (χ0n) is 68.4. The molecule has 12 unspecified atom stereocenters. The average molecular weight is 1660 g/mol. The Morgan fingerprint density at radius 2 is 0.911 bits per heavy atom. The van der Waals surface area contributed by atoms with E-state index in [0.29, 0.717) is 95.6 Å². The molecule has 10 aliphatic rings. The third kappa shape index (κ3) is 18.0. The van der Waals surface area contributed by atoms with Crippen LogP contribution in [0.5, 0.6) is 11.8 Å². The standard InChI is InChI=1S/C24H23FN4O2.C23H22FN5O2.C22H22FN7O.C22H22FN5O2/c1-15-6-9-21(28-13-15)31-20-12-16-7-8-19(20)29(14-16)24(30)17-4-2-5-18(25)22(17)23-26-10-3-11-27-23;1-14-11-28-20(12-27-14)31-19-10-15-6-7-18(19)29(13-15)23(30)16-4-2-5-17(24)21(16)22-25-8-3-9-26-22;1-12-3-16(21-27-8-15(23)9-28-21)20(26-6-12)22(31)30-11-14-4-17(18(30)5-14)29-19-10-24-13(2)7-25-19;1-12-3-6-20(24-10-12)26-18-7-14-8-19(18)28(11-14)22(29)16-5-4-15(23)9-17(16)21-25-13(2)27-30-21/h2-6,9-11,13,16,19-20H,7-8,12,14H2,1H3;2-5,8-9,11-12,15,18-19H,6-7,10,13H2,1H3;3,6-10,14,17-18H,4-5,11H2,1-2H3,(H,25,29);3-6,9-10,14,18-19H,7-8,11H2,1-2H3,(H,24,26). The largest absolute Gasteiger partial charge is 0.472 e. The van der Waals surface area contributed by atoms with E-state index in [4.69, 9.17) is 14.0 Å². The Labute approximate surface area is 706 Å². The summed E-state index contributed by atoms with van der Waals surface area (Å²) in [6.07, 6.45) is 29.5. The molecule has 10 fully saturated rings. The molecule has 28 nitrogen and oxygen atoms in total. The molecule has 15 heterocycles. The maximum Gasteiger partial charge on any atom is 0.273 e. The zero-order chi connectivity index (χ0) is 85.1. The summed E-state index contributed by atoms with van der Waals surface area (Å²) in [6.45, 7) is 14.0. The Kier molecular flexibility index (Phi) is 23.7. The lowest BCUT2D eigenvalue weighted by atomic mass is 9.77. The quantitative estimate of drug-likeness (QED) is 0.0849. The number of pyridine rings is 3. The molecule has 0 radical (unpaired) electrons. The molecular weight excluding hydrogens is 1580 g/mol. The summed E-state index contributed by atoms with van der Waals surface area (Å²) < 4.78 is 74.3. The van der Waals surface area contributed by atoms with Crippen LogP contribution in [0, 0.1) is 88.5 Å². The second-order valence-corrected chi connectivity index (χ2v) is 32.8. The highest BCUT2D eigenvalue weighted by molar-refractivity contribution is 6.03. The molecule has 0 spiro atoms. The SMILES string of the molecule is Cc1ccc(NC2CC3CC2N(C(=O)c2ccc(F)cc2-c2nc(C)no2)C3)nc1.Cc1ccc(OC2CC3CCC2N(C(=O)c2cccc(F)c2-c2ncccn2)C3)nc1.Cc1cnc(C(=O)N2CC3CC(Nc4cnc(C)cn4)C2C3)c(-c2ncc(F)cn2)c1.Cc1cnc(OC2CC3CCC2N(C(=O)c2cccc(F)c2-c2ncccn2)C3)cn1. The number of anilines is 2. The number of benzene rings is 3. The van der Waals surface area contributed by atoms with Gasteiger partial charge in [0.2, 0.25) is 11.8 Å². The number of piperidine rings is 6. The Morgan fingerprint density at radius 1 is 0.398 bits per heavy atom. The van der Waals surface area contributed by atoms with Crippen molar-refractivity contribution in [2.45, 2.75) is 154 Å². The van der Waals surface area contributed by atoms with Gasteiger partial charge in [0.25, 0.3) is 29.5 Å². The minimum Gasteiger partial charge on any atom is -0.472 e. The van der Waals surface area contributed by atoms with E-state index in [1.165, 1.54) is 30.3 Å². The Hall–Kier alpha value is -13.6. The van der Waals surface area contributed by atoms with Crippen LogP contribution in [0.1, 0.15) is 140 Å². The molecule has 2 N–H and O–H groups in total. The van der Waals surface area contributed by atoms with E-state index in [2.05, 4.69) is 85.6 Å². The van der Waals surface area contributed by atoms with Gasteiger partial charge in [0, 0.05) is 87.7 Å². The first kappa shape index (κ1) is 81.8. The lowest BCUT2D eigenvalue weighted by molar-refractivity contribution is -0.0314. The summed E-state index contributed by atoms with van der Waals surface area (Å²) in [7, 11) is 0. The van der Waals surface area contributed by atoms with Crippen LogP contribution in [-0.2, 0) is 0 Å². The van der Waals surface area contributed by atoms with E-state index in [1.54, 1.807) is 105 Å². The second-order valence-electron chi connectivity index (χ2n) is 32.8. The minimum absolute atomic E-state index is 0.0469. The molecule has 12 aromatic rings. The molecule has 6 saturated heterocycles. The summed E-state index contributed by atoms with van der Waals surface area (Å²) >= 11 is 0. The van der Waals surface area contributed by atoms with Crippen LogP contribution in [0.3, 0.4) is 0 Å². The number of likely N-dealkylation sites (tertiary alicyclic amines) is 2. The van der Waals surface area contributed by atoms with Gasteiger partial charge in [0.15, 0.2) is 29.1 Å². The van der Waals surface area contributed by atoms with Crippen LogP contribution in [-0.4, -0.2) is 193 Å². The van der Waals surface area contributed by atoms with E-state index in [9.17, 15) is 36.7 Å². The van der Waals surface area contributed by atoms with Gasteiger partial charge in [-0.15, -0.1) is 0 Å². The number of nitrogens with zero attached hydrogens (tertiary/aromatic N) is 19. The molecule has 6 aliphatic heterocycles.